The van der Waals surface area contributed by atoms with Crippen LogP contribution in [-0.4, -0.2) is 47.2 Å². The summed E-state index contributed by atoms with van der Waals surface area (Å²) < 4.78 is 0.908. The summed E-state index contributed by atoms with van der Waals surface area (Å²) in [7, 11) is 2.16. The number of aliphatic hydroxyl groups is 1. The predicted octanol–water partition coefficient (Wildman–Crippen LogP) is 1.87. The number of pyridine rings is 1. The smallest absolute Gasteiger partial charge is 0.134 e. The SMILES string of the molecule is CC1CN(c2ncc(Br)cc2CO)CC(C)N1C. The molecule has 5 heteroatoms. The summed E-state index contributed by atoms with van der Waals surface area (Å²) in [5.41, 5.74) is 0.883. The van der Waals surface area contributed by atoms with Crippen molar-refractivity contribution in [3.63, 3.8) is 0 Å². The Morgan fingerprint density at radius 1 is 1.39 bits per heavy atom. The fourth-order valence-electron chi connectivity index (χ4n) is 2.45. The number of anilines is 1. The maximum Gasteiger partial charge on any atom is 0.134 e. The van der Waals surface area contributed by atoms with E-state index in [1.807, 2.05) is 6.07 Å². The minimum Gasteiger partial charge on any atom is -0.392 e. The summed E-state index contributed by atoms with van der Waals surface area (Å²) in [6.07, 6.45) is 1.79. The van der Waals surface area contributed by atoms with Crippen molar-refractivity contribution in [2.24, 2.45) is 0 Å². The normalized spacial score (nSPS) is 25.5. The molecule has 2 heterocycles. The van der Waals surface area contributed by atoms with E-state index in [2.05, 4.69) is 51.6 Å². The topological polar surface area (TPSA) is 39.6 Å². The zero-order valence-corrected chi connectivity index (χ0v) is 12.7. The molecule has 0 aliphatic carbocycles. The maximum atomic E-state index is 9.46. The van der Waals surface area contributed by atoms with E-state index in [1.54, 1.807) is 6.20 Å². The summed E-state index contributed by atoms with van der Waals surface area (Å²) in [6, 6.07) is 2.92. The zero-order valence-electron chi connectivity index (χ0n) is 11.1. The highest BCUT2D eigenvalue weighted by Crippen LogP contribution is 2.25. The van der Waals surface area contributed by atoms with Gasteiger partial charge < -0.3 is 10.0 Å². The van der Waals surface area contributed by atoms with Gasteiger partial charge in [0.15, 0.2) is 0 Å². The van der Waals surface area contributed by atoms with E-state index < -0.39 is 0 Å². The van der Waals surface area contributed by atoms with E-state index in [4.69, 9.17) is 0 Å². The molecule has 2 rings (SSSR count). The van der Waals surface area contributed by atoms with Crippen LogP contribution in [0.1, 0.15) is 19.4 Å². The van der Waals surface area contributed by atoms with Crippen molar-refractivity contribution >= 4 is 21.7 Å². The molecule has 1 aromatic heterocycles. The van der Waals surface area contributed by atoms with Crippen molar-refractivity contribution in [2.75, 3.05) is 25.0 Å². The molecule has 0 aromatic carbocycles. The lowest BCUT2D eigenvalue weighted by Crippen LogP contribution is -2.55. The first-order valence-electron chi connectivity index (χ1n) is 6.25. The molecule has 2 unspecified atom stereocenters. The van der Waals surface area contributed by atoms with Crippen LogP contribution < -0.4 is 4.90 Å². The fourth-order valence-corrected chi connectivity index (χ4v) is 2.83. The van der Waals surface area contributed by atoms with E-state index in [0.717, 1.165) is 28.9 Å². The highest BCUT2D eigenvalue weighted by Gasteiger charge is 2.28. The summed E-state index contributed by atoms with van der Waals surface area (Å²) in [5.74, 6) is 0.910. The molecule has 0 saturated carbocycles. The van der Waals surface area contributed by atoms with Crippen LogP contribution in [-0.2, 0) is 6.61 Å². The van der Waals surface area contributed by atoms with Crippen molar-refractivity contribution in [2.45, 2.75) is 32.5 Å². The third-order valence-electron chi connectivity index (χ3n) is 3.74. The first-order chi connectivity index (χ1) is 8.52. The standard InChI is InChI=1S/C13H20BrN3O/c1-9-6-17(7-10(2)16(9)3)13-11(8-18)4-12(14)5-15-13/h4-5,9-10,18H,6-8H2,1-3H3. The quantitative estimate of drug-likeness (QED) is 0.904. The van der Waals surface area contributed by atoms with Crippen LogP contribution in [0.25, 0.3) is 0 Å². The predicted molar refractivity (Wildman–Crippen MR) is 76.8 cm³/mol. The number of halogens is 1. The Labute approximate surface area is 117 Å². The van der Waals surface area contributed by atoms with Crippen LogP contribution in [0.2, 0.25) is 0 Å². The maximum absolute atomic E-state index is 9.46. The third-order valence-corrected chi connectivity index (χ3v) is 4.17. The van der Waals surface area contributed by atoms with E-state index in [-0.39, 0.29) is 6.61 Å². The van der Waals surface area contributed by atoms with Gasteiger partial charge in [-0.1, -0.05) is 0 Å². The van der Waals surface area contributed by atoms with Gasteiger partial charge in [0.05, 0.1) is 6.61 Å². The second-order valence-electron chi connectivity index (χ2n) is 5.06. The Bertz CT molecular complexity index is 415. The van der Waals surface area contributed by atoms with Gasteiger partial charge in [-0.15, -0.1) is 0 Å². The molecule has 0 spiro atoms. The van der Waals surface area contributed by atoms with Crippen LogP contribution >= 0.6 is 15.9 Å². The number of hydrogen-bond donors (Lipinski definition) is 1. The second-order valence-corrected chi connectivity index (χ2v) is 5.98. The lowest BCUT2D eigenvalue weighted by molar-refractivity contribution is 0.169. The van der Waals surface area contributed by atoms with Gasteiger partial charge in [0.1, 0.15) is 5.82 Å². The highest BCUT2D eigenvalue weighted by molar-refractivity contribution is 9.10. The largest absolute Gasteiger partial charge is 0.392 e. The molecule has 0 radical (unpaired) electrons. The molecule has 1 fully saturated rings. The molecular weight excluding hydrogens is 294 g/mol. The fraction of sp³-hybridized carbons (Fsp3) is 0.615. The second kappa shape index (κ2) is 5.55. The minimum absolute atomic E-state index is 0.0247. The number of nitrogens with zero attached hydrogens (tertiary/aromatic N) is 3. The van der Waals surface area contributed by atoms with Gasteiger partial charge >= 0.3 is 0 Å². The average Bonchev–Trinajstić information content (AvgIpc) is 2.35. The Morgan fingerprint density at radius 2 is 2.00 bits per heavy atom. The molecule has 1 saturated heterocycles. The molecule has 1 aliphatic heterocycles. The van der Waals surface area contributed by atoms with Gasteiger partial charge in [-0.05, 0) is 42.9 Å². The number of likely N-dealkylation sites (N-methyl/N-ethyl adjacent to an activating group) is 1. The van der Waals surface area contributed by atoms with E-state index in [9.17, 15) is 5.11 Å². The first-order valence-corrected chi connectivity index (χ1v) is 7.04. The summed E-state index contributed by atoms with van der Waals surface area (Å²) in [6.45, 7) is 6.36. The number of aliphatic hydroxyl groups excluding tert-OH is 1. The average molecular weight is 314 g/mol. The molecular formula is C13H20BrN3O. The molecule has 1 aliphatic rings. The zero-order chi connectivity index (χ0) is 13.3. The van der Waals surface area contributed by atoms with Gasteiger partial charge in [0.2, 0.25) is 0 Å². The Hall–Kier alpha value is -0.650. The number of hydrogen-bond acceptors (Lipinski definition) is 4. The molecule has 2 atom stereocenters. The van der Waals surface area contributed by atoms with Gasteiger partial charge in [-0.25, -0.2) is 4.98 Å². The number of rotatable bonds is 2. The molecule has 100 valence electrons. The van der Waals surface area contributed by atoms with Crippen molar-refractivity contribution in [1.29, 1.82) is 0 Å². The Balaban J connectivity index is 2.26. The van der Waals surface area contributed by atoms with Gasteiger partial charge in [-0.2, -0.15) is 0 Å². The third kappa shape index (κ3) is 2.68. The summed E-state index contributed by atoms with van der Waals surface area (Å²) in [5, 5.41) is 9.46. The van der Waals surface area contributed by atoms with E-state index >= 15 is 0 Å². The van der Waals surface area contributed by atoms with Crippen molar-refractivity contribution in [1.82, 2.24) is 9.88 Å². The van der Waals surface area contributed by atoms with Crippen LogP contribution in [0.3, 0.4) is 0 Å². The lowest BCUT2D eigenvalue weighted by atomic mass is 10.1. The number of aromatic nitrogens is 1. The van der Waals surface area contributed by atoms with E-state index in [1.165, 1.54) is 0 Å². The minimum atomic E-state index is 0.0247. The van der Waals surface area contributed by atoms with Crippen molar-refractivity contribution < 1.29 is 5.11 Å². The molecule has 1 aromatic rings. The van der Waals surface area contributed by atoms with Crippen molar-refractivity contribution in [3.8, 4) is 0 Å². The van der Waals surface area contributed by atoms with Crippen LogP contribution in [0.5, 0.6) is 0 Å². The summed E-state index contributed by atoms with van der Waals surface area (Å²) in [4.78, 5) is 9.12. The molecule has 0 bridgehead atoms. The highest BCUT2D eigenvalue weighted by atomic mass is 79.9. The van der Waals surface area contributed by atoms with Crippen LogP contribution in [0.15, 0.2) is 16.7 Å². The van der Waals surface area contributed by atoms with Gasteiger partial charge in [0.25, 0.3) is 0 Å². The van der Waals surface area contributed by atoms with Crippen LogP contribution in [0, 0.1) is 0 Å². The van der Waals surface area contributed by atoms with E-state index in [0.29, 0.717) is 12.1 Å². The molecule has 0 amide bonds. The molecule has 1 N–H and O–H groups in total. The van der Waals surface area contributed by atoms with Gasteiger partial charge in [0, 0.05) is 41.4 Å². The molecule has 18 heavy (non-hydrogen) atoms. The van der Waals surface area contributed by atoms with Gasteiger partial charge in [-0.3, -0.25) is 4.90 Å². The Morgan fingerprint density at radius 3 is 2.56 bits per heavy atom. The van der Waals surface area contributed by atoms with Crippen molar-refractivity contribution in [3.05, 3.63) is 22.3 Å². The molecule has 4 nitrogen and oxygen atoms in total. The Kier molecular flexibility index (Phi) is 4.25. The number of piperazine rings is 1. The van der Waals surface area contributed by atoms with Crippen LogP contribution in [0.4, 0.5) is 5.82 Å². The monoisotopic (exact) mass is 313 g/mol. The first kappa shape index (κ1) is 13.8. The lowest BCUT2D eigenvalue weighted by Gasteiger charge is -2.43. The summed E-state index contributed by atoms with van der Waals surface area (Å²) >= 11 is 3.39.